The lowest BCUT2D eigenvalue weighted by atomic mass is 9.79. The molecule has 2 N–H and O–H groups in total. The van der Waals surface area contributed by atoms with E-state index in [2.05, 4.69) is 129 Å². The summed E-state index contributed by atoms with van der Waals surface area (Å²) in [6, 6.07) is 13.1. The van der Waals surface area contributed by atoms with Crippen LogP contribution in [0.4, 0.5) is 11.4 Å². The molecule has 0 amide bonds. The molecule has 0 aromatic heterocycles. The Labute approximate surface area is 366 Å². The quantitative estimate of drug-likeness (QED) is 0.126. The first-order valence-corrected chi connectivity index (χ1v) is 23.6. The van der Waals surface area contributed by atoms with E-state index in [-0.39, 0.29) is 33.2 Å². The van der Waals surface area contributed by atoms with Gasteiger partial charge in [-0.1, -0.05) is 108 Å². The summed E-state index contributed by atoms with van der Waals surface area (Å²) >= 11 is 0. The van der Waals surface area contributed by atoms with Gasteiger partial charge < -0.3 is 20.0 Å². The molecule has 3 aromatic carbocycles. The number of hydrogen-bond acceptors (Lipinski definition) is 6. The highest BCUT2D eigenvalue weighted by Gasteiger charge is 2.26. The minimum Gasteiger partial charge on any atom is -0.507 e. The summed E-state index contributed by atoms with van der Waals surface area (Å²) in [5.41, 5.74) is 9.23. The van der Waals surface area contributed by atoms with Crippen LogP contribution in [-0.2, 0) is 34.5 Å². The van der Waals surface area contributed by atoms with Crippen LogP contribution in [0.3, 0.4) is 0 Å². The van der Waals surface area contributed by atoms with Gasteiger partial charge in [-0.3, -0.25) is 9.98 Å². The Morgan fingerprint density at radius 3 is 1.13 bits per heavy atom. The van der Waals surface area contributed by atoms with Crippen LogP contribution >= 0.6 is 0 Å². The lowest BCUT2D eigenvalue weighted by Crippen LogP contribution is -2.30. The van der Waals surface area contributed by atoms with Gasteiger partial charge in [0.25, 0.3) is 0 Å². The van der Waals surface area contributed by atoms with Crippen LogP contribution in [0, 0.1) is 0 Å². The summed E-state index contributed by atoms with van der Waals surface area (Å²) in [4.78, 5) is 15.7. The Kier molecular flexibility index (Phi) is 16.0. The number of aryl methyl sites for hydroxylation is 2. The van der Waals surface area contributed by atoms with E-state index in [4.69, 9.17) is 9.98 Å². The lowest BCUT2D eigenvalue weighted by Gasteiger charge is -2.27. The van der Waals surface area contributed by atoms with Crippen molar-refractivity contribution in [2.45, 2.75) is 182 Å². The van der Waals surface area contributed by atoms with E-state index in [9.17, 15) is 10.2 Å². The predicted octanol–water partition coefficient (Wildman–Crippen LogP) is 13.4. The van der Waals surface area contributed by atoms with Crippen LogP contribution in [0.2, 0.25) is 0 Å². The summed E-state index contributed by atoms with van der Waals surface area (Å²) in [6.45, 7) is 33.5. The average Bonchev–Trinajstić information content (AvgIpc) is 3.17. The van der Waals surface area contributed by atoms with Crippen molar-refractivity contribution in [3.63, 3.8) is 0 Å². The number of aromatic hydroxyl groups is 2. The fourth-order valence-electron chi connectivity index (χ4n) is 8.80. The first kappa shape index (κ1) is 47.6. The zero-order valence-electron chi connectivity index (χ0n) is 40.0. The van der Waals surface area contributed by atoms with Crippen molar-refractivity contribution in [1.29, 1.82) is 0 Å². The molecule has 0 saturated carbocycles. The Morgan fingerprint density at radius 1 is 0.467 bits per heavy atom. The van der Waals surface area contributed by atoms with Crippen LogP contribution < -0.4 is 0 Å². The molecule has 60 heavy (non-hydrogen) atoms. The van der Waals surface area contributed by atoms with E-state index >= 15 is 0 Å². The van der Waals surface area contributed by atoms with Gasteiger partial charge in [-0.05, 0) is 172 Å². The Hall–Kier alpha value is -3.48. The van der Waals surface area contributed by atoms with Crippen molar-refractivity contribution in [3.05, 3.63) is 80.9 Å². The van der Waals surface area contributed by atoms with Gasteiger partial charge in [0.2, 0.25) is 0 Å². The van der Waals surface area contributed by atoms with Gasteiger partial charge in [0.15, 0.2) is 0 Å². The fraction of sp³-hybridized carbons (Fsp3) is 0.630. The van der Waals surface area contributed by atoms with Crippen LogP contribution in [0.15, 0.2) is 46.4 Å². The maximum atomic E-state index is 11.7. The monoisotopic (exact) mass is 819 g/mol. The van der Waals surface area contributed by atoms with Crippen molar-refractivity contribution in [1.82, 2.24) is 9.80 Å². The molecule has 0 atom stereocenters. The molecule has 2 aliphatic heterocycles. The molecule has 3 aromatic rings. The van der Waals surface area contributed by atoms with Gasteiger partial charge >= 0.3 is 0 Å². The number of hydrogen-bond donors (Lipinski definition) is 2. The number of unbranched alkanes of at least 4 members (excludes halogenated alkanes) is 2. The van der Waals surface area contributed by atoms with Gasteiger partial charge in [0, 0.05) is 34.7 Å². The lowest BCUT2D eigenvalue weighted by molar-refractivity contribution is 0.224. The van der Waals surface area contributed by atoms with E-state index < -0.39 is 0 Å². The average molecular weight is 819 g/mol. The van der Waals surface area contributed by atoms with E-state index in [1.165, 1.54) is 113 Å². The maximum absolute atomic E-state index is 11.7. The van der Waals surface area contributed by atoms with Crippen molar-refractivity contribution < 1.29 is 10.2 Å². The molecular formula is C54H82N4O2. The second-order valence-corrected chi connectivity index (χ2v) is 22.3. The summed E-state index contributed by atoms with van der Waals surface area (Å²) in [7, 11) is 0. The van der Waals surface area contributed by atoms with Gasteiger partial charge in [-0.25, -0.2) is 0 Å². The van der Waals surface area contributed by atoms with Gasteiger partial charge in [0.05, 0.1) is 11.4 Å². The summed E-state index contributed by atoms with van der Waals surface area (Å²) in [5.74, 6) is 0.567. The van der Waals surface area contributed by atoms with E-state index in [1.807, 2.05) is 12.4 Å². The molecule has 6 nitrogen and oxygen atoms in total. The molecule has 2 fully saturated rings. The maximum Gasteiger partial charge on any atom is 0.128 e. The third-order valence-corrected chi connectivity index (χ3v) is 12.8. The summed E-state index contributed by atoms with van der Waals surface area (Å²) in [5, 5.41) is 23.5. The number of benzene rings is 3. The Bertz CT molecular complexity index is 1790. The molecular weight excluding hydrogens is 737 g/mol. The van der Waals surface area contributed by atoms with Crippen molar-refractivity contribution >= 4 is 23.8 Å². The highest BCUT2D eigenvalue weighted by atomic mass is 16.3. The zero-order valence-corrected chi connectivity index (χ0v) is 40.0. The van der Waals surface area contributed by atoms with Gasteiger partial charge in [-0.15, -0.1) is 0 Å². The number of rotatable bonds is 14. The standard InChI is InChI=1S/C54H82N4O2/c1-51(2,3)43-31-41(49(59)45(35-43)53(7,8)9)37-55-47-33-39(23-15-21-29-57-25-17-13-18-26-57)40(24-16-22-30-58-27-19-14-20-28-58)34-48(47)56-38-42-32-44(52(4,5)6)36-46(50(42)60)54(10,11)12/h31-38,59-60H,13-30H2,1-12H3. The van der Waals surface area contributed by atoms with Crippen LogP contribution in [0.5, 0.6) is 11.5 Å². The van der Waals surface area contributed by atoms with E-state index in [0.717, 1.165) is 59.3 Å². The number of nitrogens with zero attached hydrogens (tertiary/aromatic N) is 4. The molecule has 2 aliphatic rings. The Balaban J connectivity index is 1.60. The summed E-state index contributed by atoms with van der Waals surface area (Å²) in [6.07, 6.45) is 18.4. The second-order valence-electron chi connectivity index (χ2n) is 22.3. The topological polar surface area (TPSA) is 71.7 Å². The largest absolute Gasteiger partial charge is 0.507 e. The second kappa shape index (κ2) is 20.1. The van der Waals surface area contributed by atoms with Gasteiger partial charge in [-0.2, -0.15) is 0 Å². The first-order valence-electron chi connectivity index (χ1n) is 23.6. The van der Waals surface area contributed by atoms with E-state index in [0.29, 0.717) is 0 Å². The molecule has 0 unspecified atom stereocenters. The molecule has 0 radical (unpaired) electrons. The molecule has 2 heterocycles. The minimum atomic E-state index is -0.240. The zero-order chi connectivity index (χ0) is 43.9. The minimum absolute atomic E-state index is 0.0989. The number of likely N-dealkylation sites (tertiary alicyclic amines) is 2. The van der Waals surface area contributed by atoms with Crippen molar-refractivity contribution in [2.24, 2.45) is 9.98 Å². The van der Waals surface area contributed by atoms with Crippen LogP contribution in [-0.4, -0.2) is 71.7 Å². The van der Waals surface area contributed by atoms with Crippen molar-refractivity contribution in [2.75, 3.05) is 39.3 Å². The third kappa shape index (κ3) is 13.3. The number of phenolic OH excluding ortho intramolecular Hbond substituents is 2. The SMILES string of the molecule is CC(C)(C)c1cc(C=Nc2cc(CCCCN3CCCCC3)c(CCCCN3CCCCC3)cc2N=Cc2cc(C(C)(C)C)cc(C(C)(C)C)c2O)c(O)c(C(C)(C)C)c1. The third-order valence-electron chi connectivity index (χ3n) is 12.8. The fourth-order valence-corrected chi connectivity index (χ4v) is 8.80. The molecule has 6 heteroatoms. The van der Waals surface area contributed by atoms with Crippen molar-refractivity contribution in [3.8, 4) is 11.5 Å². The number of aliphatic imine (C=N–C) groups is 2. The van der Waals surface area contributed by atoms with Crippen LogP contribution in [0.25, 0.3) is 0 Å². The highest BCUT2D eigenvalue weighted by molar-refractivity contribution is 5.91. The molecule has 330 valence electrons. The van der Waals surface area contributed by atoms with Crippen LogP contribution in [0.1, 0.15) is 192 Å². The Morgan fingerprint density at radius 2 is 0.817 bits per heavy atom. The summed E-state index contributed by atoms with van der Waals surface area (Å²) < 4.78 is 0. The molecule has 0 spiro atoms. The molecule has 0 bridgehead atoms. The first-order chi connectivity index (χ1) is 28.1. The predicted molar refractivity (Wildman–Crippen MR) is 258 cm³/mol. The molecule has 0 aliphatic carbocycles. The smallest absolute Gasteiger partial charge is 0.128 e. The highest BCUT2D eigenvalue weighted by Crippen LogP contribution is 2.40. The van der Waals surface area contributed by atoms with E-state index in [1.54, 1.807) is 0 Å². The molecule has 2 saturated heterocycles. The number of phenols is 2. The van der Waals surface area contributed by atoms with Gasteiger partial charge in [0.1, 0.15) is 11.5 Å². The number of piperidine rings is 2. The normalized spacial score (nSPS) is 16.7. The molecule has 5 rings (SSSR count).